The molecule has 0 bridgehead atoms. The molecule has 0 aromatic heterocycles. The molecule has 1 aromatic carbocycles. The Kier molecular flexibility index (Phi) is 5.47. The van der Waals surface area contributed by atoms with Crippen LogP contribution in [0.2, 0.25) is 0 Å². The Morgan fingerprint density at radius 1 is 1.10 bits per heavy atom. The summed E-state index contributed by atoms with van der Waals surface area (Å²) in [4.78, 5) is 0. The van der Waals surface area contributed by atoms with Crippen LogP contribution < -0.4 is 5.32 Å². The molecule has 2 rings (SSSR count). The van der Waals surface area contributed by atoms with Crippen molar-refractivity contribution in [1.29, 1.82) is 0 Å². The SMILES string of the molecule is CC1CC(C)CC(NC(C)CCc2ccc(O)cc2)C1. The van der Waals surface area contributed by atoms with Gasteiger partial charge in [-0.05, 0) is 68.6 Å². The van der Waals surface area contributed by atoms with Crippen molar-refractivity contribution in [2.75, 3.05) is 0 Å². The van der Waals surface area contributed by atoms with E-state index >= 15 is 0 Å². The molecular formula is C18H29NO. The fourth-order valence-corrected chi connectivity index (χ4v) is 3.61. The highest BCUT2D eigenvalue weighted by molar-refractivity contribution is 5.25. The maximum Gasteiger partial charge on any atom is 0.115 e. The first kappa shape index (κ1) is 15.4. The molecule has 1 fully saturated rings. The van der Waals surface area contributed by atoms with Gasteiger partial charge in [0.05, 0.1) is 0 Å². The zero-order valence-electron chi connectivity index (χ0n) is 13.1. The Bertz CT molecular complexity index is 390. The molecule has 2 N–H and O–H groups in total. The zero-order chi connectivity index (χ0) is 14.5. The van der Waals surface area contributed by atoms with Gasteiger partial charge in [0, 0.05) is 12.1 Å². The molecule has 0 radical (unpaired) electrons. The summed E-state index contributed by atoms with van der Waals surface area (Å²) in [6.07, 6.45) is 6.28. The minimum atomic E-state index is 0.352. The monoisotopic (exact) mass is 275 g/mol. The highest BCUT2D eigenvalue weighted by Crippen LogP contribution is 2.28. The normalized spacial score (nSPS) is 28.2. The average Bonchev–Trinajstić information content (AvgIpc) is 2.37. The molecule has 2 nitrogen and oxygen atoms in total. The number of aryl methyl sites for hydroxylation is 1. The van der Waals surface area contributed by atoms with Crippen molar-refractivity contribution in [2.24, 2.45) is 11.8 Å². The number of benzene rings is 1. The lowest BCUT2D eigenvalue weighted by molar-refractivity contribution is 0.226. The first-order valence-corrected chi connectivity index (χ1v) is 8.07. The van der Waals surface area contributed by atoms with Crippen LogP contribution in [0.1, 0.15) is 52.0 Å². The number of phenols is 1. The van der Waals surface area contributed by atoms with E-state index in [0.717, 1.165) is 24.7 Å². The van der Waals surface area contributed by atoms with Crippen LogP contribution in [0.15, 0.2) is 24.3 Å². The third-order valence-corrected chi connectivity index (χ3v) is 4.50. The summed E-state index contributed by atoms with van der Waals surface area (Å²) in [5, 5.41) is 13.1. The first-order valence-electron chi connectivity index (χ1n) is 8.07. The van der Waals surface area contributed by atoms with Crippen LogP contribution >= 0.6 is 0 Å². The third kappa shape index (κ3) is 4.82. The minimum Gasteiger partial charge on any atom is -0.508 e. The molecule has 0 heterocycles. The smallest absolute Gasteiger partial charge is 0.115 e. The Morgan fingerprint density at radius 3 is 2.30 bits per heavy atom. The van der Waals surface area contributed by atoms with Gasteiger partial charge in [0.15, 0.2) is 0 Å². The van der Waals surface area contributed by atoms with Crippen LogP contribution in [-0.4, -0.2) is 17.2 Å². The van der Waals surface area contributed by atoms with Gasteiger partial charge in [-0.25, -0.2) is 0 Å². The molecule has 3 unspecified atom stereocenters. The van der Waals surface area contributed by atoms with Gasteiger partial charge in [-0.3, -0.25) is 0 Å². The summed E-state index contributed by atoms with van der Waals surface area (Å²) in [6, 6.07) is 8.85. The summed E-state index contributed by atoms with van der Waals surface area (Å²) in [6.45, 7) is 7.06. The Balaban J connectivity index is 1.74. The van der Waals surface area contributed by atoms with E-state index < -0.39 is 0 Å². The van der Waals surface area contributed by atoms with Crippen molar-refractivity contribution in [3.05, 3.63) is 29.8 Å². The number of rotatable bonds is 5. The van der Waals surface area contributed by atoms with Gasteiger partial charge in [0.2, 0.25) is 0 Å². The number of hydrogen-bond donors (Lipinski definition) is 2. The maximum atomic E-state index is 9.29. The van der Waals surface area contributed by atoms with E-state index in [1.807, 2.05) is 12.1 Å². The average molecular weight is 275 g/mol. The van der Waals surface area contributed by atoms with E-state index in [0.29, 0.717) is 17.8 Å². The summed E-state index contributed by atoms with van der Waals surface area (Å²) in [7, 11) is 0. The van der Waals surface area contributed by atoms with E-state index in [9.17, 15) is 5.11 Å². The second kappa shape index (κ2) is 7.12. The first-order chi connectivity index (χ1) is 9.52. The topological polar surface area (TPSA) is 32.3 Å². The van der Waals surface area contributed by atoms with Gasteiger partial charge >= 0.3 is 0 Å². The van der Waals surface area contributed by atoms with Crippen molar-refractivity contribution >= 4 is 0 Å². The number of phenolic OH excluding ortho intramolecular Hbond substituents is 1. The molecular weight excluding hydrogens is 246 g/mol. The molecule has 1 aliphatic carbocycles. The molecule has 0 aliphatic heterocycles. The summed E-state index contributed by atoms with van der Waals surface area (Å²) in [5.41, 5.74) is 1.31. The number of hydrogen-bond acceptors (Lipinski definition) is 2. The third-order valence-electron chi connectivity index (χ3n) is 4.50. The van der Waals surface area contributed by atoms with Crippen LogP contribution in [0.4, 0.5) is 0 Å². The fourth-order valence-electron chi connectivity index (χ4n) is 3.61. The standard InChI is InChI=1S/C18H29NO/c1-13-10-14(2)12-17(11-13)19-15(3)4-5-16-6-8-18(20)9-7-16/h6-9,13-15,17,19-20H,4-5,10-12H2,1-3H3. The van der Waals surface area contributed by atoms with Crippen molar-refractivity contribution in [2.45, 2.75) is 65.0 Å². The van der Waals surface area contributed by atoms with Crippen molar-refractivity contribution in [3.63, 3.8) is 0 Å². The molecule has 1 saturated carbocycles. The Morgan fingerprint density at radius 2 is 1.70 bits per heavy atom. The molecule has 3 atom stereocenters. The largest absolute Gasteiger partial charge is 0.508 e. The van der Waals surface area contributed by atoms with E-state index in [1.165, 1.54) is 24.8 Å². The highest BCUT2D eigenvalue weighted by Gasteiger charge is 2.24. The van der Waals surface area contributed by atoms with Crippen molar-refractivity contribution in [1.82, 2.24) is 5.32 Å². The van der Waals surface area contributed by atoms with Gasteiger partial charge in [-0.2, -0.15) is 0 Å². The van der Waals surface area contributed by atoms with Gasteiger partial charge in [-0.1, -0.05) is 26.0 Å². The molecule has 0 spiro atoms. The molecule has 0 saturated heterocycles. The van der Waals surface area contributed by atoms with E-state index in [1.54, 1.807) is 12.1 Å². The molecule has 1 aliphatic rings. The van der Waals surface area contributed by atoms with Gasteiger partial charge in [0.25, 0.3) is 0 Å². The second-order valence-corrected chi connectivity index (χ2v) is 6.89. The fraction of sp³-hybridized carbons (Fsp3) is 0.667. The Labute approximate surface area is 123 Å². The van der Waals surface area contributed by atoms with Crippen LogP contribution in [0, 0.1) is 11.8 Å². The second-order valence-electron chi connectivity index (χ2n) is 6.89. The lowest BCUT2D eigenvalue weighted by Gasteiger charge is -2.34. The quantitative estimate of drug-likeness (QED) is 0.847. The predicted molar refractivity (Wildman–Crippen MR) is 85.0 cm³/mol. The predicted octanol–water partition coefficient (Wildman–Crippen LogP) is 4.13. The molecule has 20 heavy (non-hydrogen) atoms. The molecule has 0 amide bonds. The van der Waals surface area contributed by atoms with Crippen LogP contribution in [0.3, 0.4) is 0 Å². The molecule has 112 valence electrons. The summed E-state index contributed by atoms with van der Waals surface area (Å²) < 4.78 is 0. The van der Waals surface area contributed by atoms with Crippen LogP contribution in [0.5, 0.6) is 5.75 Å². The van der Waals surface area contributed by atoms with Crippen LogP contribution in [0.25, 0.3) is 0 Å². The van der Waals surface area contributed by atoms with Crippen molar-refractivity contribution < 1.29 is 5.11 Å². The van der Waals surface area contributed by atoms with Gasteiger partial charge in [-0.15, -0.1) is 0 Å². The zero-order valence-corrected chi connectivity index (χ0v) is 13.1. The number of aromatic hydroxyl groups is 1. The van der Waals surface area contributed by atoms with Gasteiger partial charge in [0.1, 0.15) is 5.75 Å². The van der Waals surface area contributed by atoms with Crippen LogP contribution in [-0.2, 0) is 6.42 Å². The lowest BCUT2D eigenvalue weighted by Crippen LogP contribution is -2.41. The molecule has 2 heteroatoms. The van der Waals surface area contributed by atoms with E-state index in [2.05, 4.69) is 26.1 Å². The lowest BCUT2D eigenvalue weighted by atomic mass is 9.80. The molecule has 1 aromatic rings. The Hall–Kier alpha value is -1.02. The van der Waals surface area contributed by atoms with Crippen molar-refractivity contribution in [3.8, 4) is 5.75 Å². The summed E-state index contributed by atoms with van der Waals surface area (Å²) >= 11 is 0. The minimum absolute atomic E-state index is 0.352. The maximum absolute atomic E-state index is 9.29. The van der Waals surface area contributed by atoms with Gasteiger partial charge < -0.3 is 10.4 Å². The number of nitrogens with one attached hydrogen (secondary N) is 1. The van der Waals surface area contributed by atoms with E-state index in [4.69, 9.17) is 0 Å². The van der Waals surface area contributed by atoms with E-state index in [-0.39, 0.29) is 0 Å². The summed E-state index contributed by atoms with van der Waals surface area (Å²) in [5.74, 6) is 2.08. The highest BCUT2D eigenvalue weighted by atomic mass is 16.3.